The Hall–Kier alpha value is -1.51. The van der Waals surface area contributed by atoms with Gasteiger partial charge in [-0.3, -0.25) is 0 Å². The minimum absolute atomic E-state index is 0.525. The number of benzene rings is 2. The van der Waals surface area contributed by atoms with Crippen LogP contribution in [0.15, 0.2) is 51.4 Å². The van der Waals surface area contributed by atoms with E-state index >= 15 is 0 Å². The minimum atomic E-state index is 0.525. The quantitative estimate of drug-likeness (QED) is 0.754. The monoisotopic (exact) mass is 394 g/mol. The average molecular weight is 396 g/mol. The highest BCUT2D eigenvalue weighted by molar-refractivity contribution is 9.10. The van der Waals surface area contributed by atoms with Crippen molar-refractivity contribution in [2.45, 2.75) is 0 Å². The molecule has 2 aromatic carbocycles. The molecule has 0 heterocycles. The van der Waals surface area contributed by atoms with Crippen molar-refractivity contribution < 1.29 is 4.74 Å². The molecule has 0 saturated carbocycles. The van der Waals surface area contributed by atoms with Crippen molar-refractivity contribution in [1.29, 1.82) is 5.26 Å². The fourth-order valence-electron chi connectivity index (χ4n) is 1.67. The van der Waals surface area contributed by atoms with E-state index in [2.05, 4.69) is 43.2 Å². The van der Waals surface area contributed by atoms with Crippen molar-refractivity contribution in [3.05, 3.63) is 57.0 Å². The molecule has 0 aliphatic rings. The predicted molar refractivity (Wildman–Crippen MR) is 87.0 cm³/mol. The molecule has 0 atom stereocenters. The van der Waals surface area contributed by atoms with Crippen LogP contribution >= 0.6 is 31.9 Å². The Kier molecular flexibility index (Phi) is 5.45. The Morgan fingerprint density at radius 1 is 1.10 bits per heavy atom. The Bertz CT molecular complexity index is 638. The molecule has 0 aliphatic carbocycles. The topological polar surface area (TPSA) is 45.0 Å². The van der Waals surface area contributed by atoms with E-state index in [-0.39, 0.29) is 0 Å². The van der Waals surface area contributed by atoms with E-state index < -0.39 is 0 Å². The van der Waals surface area contributed by atoms with Gasteiger partial charge in [0.25, 0.3) is 0 Å². The van der Waals surface area contributed by atoms with Crippen LogP contribution < -0.4 is 10.1 Å². The lowest BCUT2D eigenvalue weighted by atomic mass is 10.2. The molecule has 5 heteroatoms. The van der Waals surface area contributed by atoms with Crippen LogP contribution in [0.3, 0.4) is 0 Å². The summed E-state index contributed by atoms with van der Waals surface area (Å²) in [6, 6.07) is 15.4. The molecule has 0 aromatic heterocycles. The average Bonchev–Trinajstić information content (AvgIpc) is 2.45. The van der Waals surface area contributed by atoms with E-state index in [0.717, 1.165) is 20.4 Å². The number of anilines is 1. The molecule has 0 saturated heterocycles. The molecule has 2 aromatic rings. The first-order valence-electron chi connectivity index (χ1n) is 6.01. The Morgan fingerprint density at radius 3 is 2.65 bits per heavy atom. The first-order valence-corrected chi connectivity index (χ1v) is 7.59. The number of nitriles is 1. The first-order chi connectivity index (χ1) is 9.69. The molecule has 0 unspecified atom stereocenters. The fourth-order valence-corrected chi connectivity index (χ4v) is 2.41. The first kappa shape index (κ1) is 14.9. The third kappa shape index (κ3) is 4.26. The van der Waals surface area contributed by atoms with Gasteiger partial charge in [0, 0.05) is 15.5 Å². The van der Waals surface area contributed by atoms with Gasteiger partial charge in [-0.2, -0.15) is 5.26 Å². The SMILES string of the molecule is N#Cc1cc(Br)ccc1NCCOc1cccc(Br)c1. The second-order valence-corrected chi connectivity index (χ2v) is 5.87. The zero-order chi connectivity index (χ0) is 14.4. The highest BCUT2D eigenvalue weighted by Gasteiger charge is 2.02. The third-order valence-corrected chi connectivity index (χ3v) is 3.57. The molecule has 102 valence electrons. The minimum Gasteiger partial charge on any atom is -0.492 e. The molecule has 1 N–H and O–H groups in total. The summed E-state index contributed by atoms with van der Waals surface area (Å²) in [7, 11) is 0. The van der Waals surface area contributed by atoms with E-state index in [4.69, 9.17) is 10.00 Å². The van der Waals surface area contributed by atoms with Gasteiger partial charge in [0.1, 0.15) is 18.4 Å². The van der Waals surface area contributed by atoms with Crippen molar-refractivity contribution in [2.24, 2.45) is 0 Å². The maximum absolute atomic E-state index is 9.06. The Morgan fingerprint density at radius 2 is 1.90 bits per heavy atom. The fraction of sp³-hybridized carbons (Fsp3) is 0.133. The third-order valence-electron chi connectivity index (χ3n) is 2.58. The summed E-state index contributed by atoms with van der Waals surface area (Å²) in [5, 5.41) is 12.3. The summed E-state index contributed by atoms with van der Waals surface area (Å²) in [4.78, 5) is 0. The van der Waals surface area contributed by atoms with E-state index in [1.54, 1.807) is 6.07 Å². The lowest BCUT2D eigenvalue weighted by Gasteiger charge is -2.10. The lowest BCUT2D eigenvalue weighted by molar-refractivity contribution is 0.332. The zero-order valence-corrected chi connectivity index (χ0v) is 13.7. The molecule has 0 aliphatic heterocycles. The molecule has 0 spiro atoms. The number of rotatable bonds is 5. The van der Waals surface area contributed by atoms with Crippen LogP contribution in [0.1, 0.15) is 5.56 Å². The summed E-state index contributed by atoms with van der Waals surface area (Å²) >= 11 is 6.75. The number of ether oxygens (including phenoxy) is 1. The summed E-state index contributed by atoms with van der Waals surface area (Å²) < 4.78 is 7.50. The normalized spacial score (nSPS) is 9.85. The second-order valence-electron chi connectivity index (χ2n) is 4.03. The van der Waals surface area contributed by atoms with E-state index in [1.807, 2.05) is 36.4 Å². The smallest absolute Gasteiger partial charge is 0.120 e. The zero-order valence-electron chi connectivity index (χ0n) is 10.6. The molecule has 0 bridgehead atoms. The van der Waals surface area contributed by atoms with Gasteiger partial charge >= 0.3 is 0 Å². The van der Waals surface area contributed by atoms with Gasteiger partial charge < -0.3 is 10.1 Å². The number of hydrogen-bond acceptors (Lipinski definition) is 3. The standard InChI is InChI=1S/C15H12Br2N2O/c16-12-2-1-3-14(9-12)20-7-6-19-15-5-4-13(17)8-11(15)10-18/h1-5,8-9,19H,6-7H2. The van der Waals surface area contributed by atoms with Crippen LogP contribution in [0.4, 0.5) is 5.69 Å². The molecule has 2 rings (SSSR count). The van der Waals surface area contributed by atoms with Crippen molar-refractivity contribution in [2.75, 3.05) is 18.5 Å². The van der Waals surface area contributed by atoms with Crippen molar-refractivity contribution >= 4 is 37.5 Å². The molecule has 20 heavy (non-hydrogen) atoms. The van der Waals surface area contributed by atoms with Crippen molar-refractivity contribution in [1.82, 2.24) is 0 Å². The molecule has 0 fully saturated rings. The largest absolute Gasteiger partial charge is 0.492 e. The van der Waals surface area contributed by atoms with Gasteiger partial charge in [-0.25, -0.2) is 0 Å². The molecular formula is C15H12Br2N2O. The number of nitrogens with zero attached hydrogens (tertiary/aromatic N) is 1. The maximum atomic E-state index is 9.06. The highest BCUT2D eigenvalue weighted by Crippen LogP contribution is 2.20. The molecule has 3 nitrogen and oxygen atoms in total. The van der Waals surface area contributed by atoms with Crippen molar-refractivity contribution in [3.63, 3.8) is 0 Å². The van der Waals surface area contributed by atoms with Gasteiger partial charge in [-0.1, -0.05) is 37.9 Å². The van der Waals surface area contributed by atoms with Gasteiger partial charge in [-0.05, 0) is 36.4 Å². The predicted octanol–water partition coefficient (Wildman–Crippen LogP) is 4.57. The lowest BCUT2D eigenvalue weighted by Crippen LogP contribution is -2.12. The van der Waals surface area contributed by atoms with Crippen LogP contribution in [-0.2, 0) is 0 Å². The summed E-state index contributed by atoms with van der Waals surface area (Å²) in [6.45, 7) is 1.15. The van der Waals surface area contributed by atoms with Crippen LogP contribution in [-0.4, -0.2) is 13.2 Å². The number of halogens is 2. The summed E-state index contributed by atoms with van der Waals surface area (Å²) in [5.41, 5.74) is 1.43. The van der Waals surface area contributed by atoms with Gasteiger partial charge in [0.05, 0.1) is 11.3 Å². The molecule has 0 amide bonds. The van der Waals surface area contributed by atoms with Gasteiger partial charge in [-0.15, -0.1) is 0 Å². The van der Waals surface area contributed by atoms with Gasteiger partial charge in [0.15, 0.2) is 0 Å². The van der Waals surface area contributed by atoms with Crippen LogP contribution in [0.2, 0.25) is 0 Å². The van der Waals surface area contributed by atoms with E-state index in [9.17, 15) is 0 Å². The Labute approximate surface area is 134 Å². The highest BCUT2D eigenvalue weighted by atomic mass is 79.9. The van der Waals surface area contributed by atoms with E-state index in [1.165, 1.54) is 0 Å². The Balaban J connectivity index is 1.86. The van der Waals surface area contributed by atoms with Crippen LogP contribution in [0, 0.1) is 11.3 Å². The van der Waals surface area contributed by atoms with Crippen LogP contribution in [0.25, 0.3) is 0 Å². The van der Waals surface area contributed by atoms with E-state index in [0.29, 0.717) is 18.7 Å². The number of nitrogens with one attached hydrogen (secondary N) is 1. The summed E-state index contributed by atoms with van der Waals surface area (Å²) in [6.07, 6.45) is 0. The molecule has 0 radical (unpaired) electrons. The summed E-state index contributed by atoms with van der Waals surface area (Å²) in [5.74, 6) is 0.817. The van der Waals surface area contributed by atoms with Gasteiger partial charge in [0.2, 0.25) is 0 Å². The molecular weight excluding hydrogens is 384 g/mol. The number of hydrogen-bond donors (Lipinski definition) is 1. The maximum Gasteiger partial charge on any atom is 0.120 e. The van der Waals surface area contributed by atoms with Crippen LogP contribution in [0.5, 0.6) is 5.75 Å². The van der Waals surface area contributed by atoms with Crippen molar-refractivity contribution in [3.8, 4) is 11.8 Å². The second kappa shape index (κ2) is 7.32.